The lowest BCUT2D eigenvalue weighted by Gasteiger charge is -2.16. The molecule has 0 saturated carbocycles. The number of pyridine rings is 1. The number of anilines is 3. The van der Waals surface area contributed by atoms with Gasteiger partial charge in [-0.25, -0.2) is 15.0 Å². The summed E-state index contributed by atoms with van der Waals surface area (Å²) in [5, 5.41) is 5.35. The van der Waals surface area contributed by atoms with Gasteiger partial charge in [-0.15, -0.1) is 0 Å². The van der Waals surface area contributed by atoms with E-state index in [-0.39, 0.29) is 5.91 Å². The zero-order chi connectivity index (χ0) is 27.8. The van der Waals surface area contributed by atoms with Gasteiger partial charge in [0.25, 0.3) is 5.91 Å². The fourth-order valence-corrected chi connectivity index (χ4v) is 4.94. The molecule has 1 N–H and O–H groups in total. The van der Waals surface area contributed by atoms with E-state index in [2.05, 4.69) is 37.0 Å². The van der Waals surface area contributed by atoms with Crippen LogP contribution < -0.4 is 15.0 Å². The summed E-state index contributed by atoms with van der Waals surface area (Å²) < 4.78 is 8.30. The van der Waals surface area contributed by atoms with Gasteiger partial charge in [0.05, 0.1) is 11.7 Å². The number of fused-ring (bicyclic) bond motifs is 2. The van der Waals surface area contributed by atoms with Crippen molar-refractivity contribution in [3.8, 4) is 11.5 Å². The number of aromatic nitrogens is 4. The zero-order valence-electron chi connectivity index (χ0n) is 23.0. The highest BCUT2D eigenvalue weighted by Crippen LogP contribution is 2.32. The molecule has 0 radical (unpaired) electrons. The van der Waals surface area contributed by atoms with Crippen molar-refractivity contribution < 1.29 is 9.53 Å². The molecule has 2 aromatic carbocycles. The summed E-state index contributed by atoms with van der Waals surface area (Å²) in [6, 6.07) is 16.0. The number of carbonyl (C=O) groups is 1. The summed E-state index contributed by atoms with van der Waals surface area (Å²) in [5.74, 6) is 2.81. The van der Waals surface area contributed by atoms with Gasteiger partial charge >= 0.3 is 0 Å². The largest absolute Gasteiger partial charge is 0.457 e. The van der Waals surface area contributed by atoms with E-state index in [9.17, 15) is 4.79 Å². The molecule has 202 valence electrons. The second-order valence-electron chi connectivity index (χ2n) is 10.3. The molecule has 3 aromatic heterocycles. The summed E-state index contributed by atoms with van der Waals surface area (Å²) in [4.78, 5) is 30.2. The van der Waals surface area contributed by atoms with Gasteiger partial charge in [0, 0.05) is 53.9 Å². The number of nitrogens with zero attached hydrogens (tertiary/aromatic N) is 6. The molecule has 0 unspecified atom stereocenters. The Labute approximate surface area is 232 Å². The predicted molar refractivity (Wildman–Crippen MR) is 158 cm³/mol. The van der Waals surface area contributed by atoms with Crippen molar-refractivity contribution >= 4 is 45.0 Å². The monoisotopic (exact) mass is 533 g/mol. The molecule has 1 aliphatic heterocycles. The number of aryl methyl sites for hydroxylation is 2. The summed E-state index contributed by atoms with van der Waals surface area (Å²) >= 11 is 0. The molecule has 4 heterocycles. The summed E-state index contributed by atoms with van der Waals surface area (Å²) in [6.45, 7) is 3.35. The number of amides is 1. The molecule has 5 aromatic rings. The molecular weight excluding hydrogens is 502 g/mol. The minimum atomic E-state index is -0.00214. The molecular formula is C31H31N7O2. The molecule has 1 aliphatic rings. The maximum absolute atomic E-state index is 13.0. The highest BCUT2D eigenvalue weighted by molar-refractivity contribution is 6.08. The number of hydrogen-bond donors (Lipinski definition) is 1. The summed E-state index contributed by atoms with van der Waals surface area (Å²) in [7, 11) is 6.00. The van der Waals surface area contributed by atoms with Gasteiger partial charge in [-0.05, 0) is 81.5 Å². The highest BCUT2D eigenvalue weighted by Gasteiger charge is 2.28. The van der Waals surface area contributed by atoms with Gasteiger partial charge < -0.3 is 19.5 Å². The number of benzene rings is 2. The first-order chi connectivity index (χ1) is 19.4. The Bertz CT molecular complexity index is 1770. The van der Waals surface area contributed by atoms with E-state index < -0.39 is 0 Å². The van der Waals surface area contributed by atoms with E-state index in [0.29, 0.717) is 30.1 Å². The third-order valence-corrected chi connectivity index (χ3v) is 7.13. The lowest BCUT2D eigenvalue weighted by molar-refractivity contribution is -0.114. The van der Waals surface area contributed by atoms with Crippen LogP contribution in [0.2, 0.25) is 0 Å². The van der Waals surface area contributed by atoms with Crippen molar-refractivity contribution in [1.82, 2.24) is 24.4 Å². The molecule has 0 spiro atoms. The Morgan fingerprint density at radius 1 is 1.07 bits per heavy atom. The quantitative estimate of drug-likeness (QED) is 0.273. The number of carbonyl (C=O) groups excluding carboxylic acids is 1. The number of hydrogen-bond acceptors (Lipinski definition) is 7. The average molecular weight is 534 g/mol. The van der Waals surface area contributed by atoms with Crippen molar-refractivity contribution in [2.24, 2.45) is 7.05 Å². The summed E-state index contributed by atoms with van der Waals surface area (Å²) in [5.41, 5.74) is 4.53. The smallest absolute Gasteiger partial charge is 0.255 e. The van der Waals surface area contributed by atoms with Gasteiger partial charge in [0.2, 0.25) is 0 Å². The van der Waals surface area contributed by atoms with E-state index in [0.717, 1.165) is 51.2 Å². The fraction of sp³-hybridized carbons (Fsp3) is 0.226. The Balaban J connectivity index is 1.23. The van der Waals surface area contributed by atoms with Gasteiger partial charge in [-0.1, -0.05) is 6.08 Å². The third-order valence-electron chi connectivity index (χ3n) is 7.13. The first-order valence-corrected chi connectivity index (χ1v) is 13.2. The number of likely N-dealkylation sites (N-methyl/N-ethyl adjacent to an activating group) is 1. The average Bonchev–Trinajstić information content (AvgIpc) is 3.50. The van der Waals surface area contributed by atoms with Crippen LogP contribution in [-0.2, 0) is 11.8 Å². The number of ether oxygens (including phenoxy) is 1. The lowest BCUT2D eigenvalue weighted by atomic mass is 10.2. The molecule has 1 saturated heterocycles. The molecule has 0 atom stereocenters. The van der Waals surface area contributed by atoms with Crippen LogP contribution in [0.1, 0.15) is 12.0 Å². The maximum atomic E-state index is 13.0. The van der Waals surface area contributed by atoms with Crippen LogP contribution in [0.5, 0.6) is 11.5 Å². The molecule has 9 nitrogen and oxygen atoms in total. The van der Waals surface area contributed by atoms with Gasteiger partial charge in [0.15, 0.2) is 0 Å². The Morgan fingerprint density at radius 2 is 1.95 bits per heavy atom. The highest BCUT2D eigenvalue weighted by atomic mass is 16.5. The minimum Gasteiger partial charge on any atom is -0.457 e. The van der Waals surface area contributed by atoms with Crippen LogP contribution in [0, 0.1) is 6.92 Å². The van der Waals surface area contributed by atoms with Crippen molar-refractivity contribution in [3.05, 3.63) is 84.5 Å². The van der Waals surface area contributed by atoms with Crippen molar-refractivity contribution in [2.45, 2.75) is 13.3 Å². The van der Waals surface area contributed by atoms with Gasteiger partial charge in [0.1, 0.15) is 29.5 Å². The SMILES string of the molecule is Cc1cc(Nc2ncnc3cnc(N4CC/C(=C\CN(C)C)C4=O)cc23)ccc1Oc1ccc2c(ccn2C)c1. The number of rotatable bonds is 7. The van der Waals surface area contributed by atoms with Crippen LogP contribution in [0.4, 0.5) is 17.3 Å². The maximum Gasteiger partial charge on any atom is 0.255 e. The topological polar surface area (TPSA) is 88.4 Å². The van der Waals surface area contributed by atoms with E-state index in [4.69, 9.17) is 4.74 Å². The zero-order valence-corrected chi connectivity index (χ0v) is 23.0. The number of nitrogens with one attached hydrogen (secondary N) is 1. The normalized spacial score (nSPS) is 14.7. The second kappa shape index (κ2) is 10.4. The molecule has 1 fully saturated rings. The molecule has 0 bridgehead atoms. The Morgan fingerprint density at radius 3 is 2.77 bits per heavy atom. The van der Waals surface area contributed by atoms with Crippen LogP contribution in [0.15, 0.2) is 78.9 Å². The van der Waals surface area contributed by atoms with Crippen LogP contribution in [0.25, 0.3) is 21.8 Å². The fourth-order valence-electron chi connectivity index (χ4n) is 4.94. The molecule has 9 heteroatoms. The van der Waals surface area contributed by atoms with E-state index in [1.165, 1.54) is 6.33 Å². The van der Waals surface area contributed by atoms with Crippen LogP contribution in [-0.4, -0.2) is 57.5 Å². The van der Waals surface area contributed by atoms with E-state index in [1.54, 1.807) is 11.1 Å². The molecule has 0 aliphatic carbocycles. The predicted octanol–water partition coefficient (Wildman–Crippen LogP) is 5.59. The second-order valence-corrected chi connectivity index (χ2v) is 10.3. The lowest BCUT2D eigenvalue weighted by Crippen LogP contribution is -2.25. The van der Waals surface area contributed by atoms with Crippen LogP contribution in [0.3, 0.4) is 0 Å². The van der Waals surface area contributed by atoms with Crippen molar-refractivity contribution in [1.29, 1.82) is 0 Å². The molecule has 6 rings (SSSR count). The van der Waals surface area contributed by atoms with Crippen LogP contribution >= 0.6 is 0 Å². The Hall–Kier alpha value is -4.76. The molecule has 40 heavy (non-hydrogen) atoms. The van der Waals surface area contributed by atoms with E-state index in [1.807, 2.05) is 81.6 Å². The minimum absolute atomic E-state index is 0.00214. The summed E-state index contributed by atoms with van der Waals surface area (Å²) in [6.07, 6.45) is 7.95. The first kappa shape index (κ1) is 25.5. The van der Waals surface area contributed by atoms with Crippen molar-refractivity contribution in [2.75, 3.05) is 37.4 Å². The standard InChI is InChI=1S/C31H31N7O2/c1-20-15-23(5-8-28(20)40-24-6-7-27-22(16-24)10-13-37(27)4)35-30-25-17-29(32-18-26(25)33-19-34-30)38-14-11-21(31(38)39)9-12-36(2)3/h5-10,13,15-19H,11-12,14H2,1-4H3,(H,33,34,35)/b21-9+. The first-order valence-electron chi connectivity index (χ1n) is 13.2. The Kier molecular flexibility index (Phi) is 6.65. The van der Waals surface area contributed by atoms with Gasteiger partial charge in [-0.3, -0.25) is 9.69 Å². The van der Waals surface area contributed by atoms with E-state index >= 15 is 0 Å². The van der Waals surface area contributed by atoms with Crippen molar-refractivity contribution in [3.63, 3.8) is 0 Å². The van der Waals surface area contributed by atoms with Gasteiger partial charge in [-0.2, -0.15) is 0 Å². The third kappa shape index (κ3) is 4.99. The molecule has 1 amide bonds.